The molecule has 1 aromatic heterocycles. The van der Waals surface area contributed by atoms with E-state index in [1.807, 2.05) is 30.6 Å². The number of hydrogen-bond donors (Lipinski definition) is 0. The molecule has 3 fully saturated rings. The summed E-state index contributed by atoms with van der Waals surface area (Å²) in [7, 11) is 1.71. The molecule has 0 spiro atoms. The average molecular weight is 412 g/mol. The number of nitrogens with zero attached hydrogens (tertiary/aromatic N) is 3. The highest BCUT2D eigenvalue weighted by atomic mass is 16.5. The van der Waals surface area contributed by atoms with E-state index < -0.39 is 0 Å². The first-order valence-corrected chi connectivity index (χ1v) is 11.1. The molecule has 2 bridgehead atoms. The highest BCUT2D eigenvalue weighted by Gasteiger charge is 2.42. The Bertz CT molecular complexity index is 1090. The molecule has 5 atom stereocenters. The van der Waals surface area contributed by atoms with Crippen LogP contribution in [0.25, 0.3) is 10.9 Å². The number of ether oxygens (including phenoxy) is 1. The van der Waals surface area contributed by atoms with Crippen LogP contribution in [0.15, 0.2) is 78.4 Å². The van der Waals surface area contributed by atoms with Gasteiger partial charge in [0.25, 0.3) is 0 Å². The molecule has 3 aliphatic heterocycles. The lowest BCUT2D eigenvalue weighted by Crippen LogP contribution is -2.54. The van der Waals surface area contributed by atoms with Crippen LogP contribution in [0.2, 0.25) is 0 Å². The second-order valence-corrected chi connectivity index (χ2v) is 8.66. The second-order valence-electron chi connectivity index (χ2n) is 8.66. The van der Waals surface area contributed by atoms with Crippen LogP contribution in [-0.2, 0) is 0 Å². The van der Waals surface area contributed by atoms with Gasteiger partial charge in [-0.3, -0.25) is 14.9 Å². The maximum Gasteiger partial charge on any atom is 0.119 e. The van der Waals surface area contributed by atoms with E-state index in [9.17, 15) is 0 Å². The molecule has 3 aromatic rings. The Labute approximate surface area is 184 Å². The van der Waals surface area contributed by atoms with Gasteiger partial charge in [0.2, 0.25) is 0 Å². The molecule has 4 heteroatoms. The van der Waals surface area contributed by atoms with Gasteiger partial charge in [-0.1, -0.05) is 36.4 Å². The number of pyridine rings is 1. The minimum absolute atomic E-state index is 0.0476. The van der Waals surface area contributed by atoms with Crippen LogP contribution in [0.4, 0.5) is 0 Å². The third kappa shape index (κ3) is 3.88. The van der Waals surface area contributed by atoms with Crippen molar-refractivity contribution in [1.29, 1.82) is 0 Å². The molecule has 2 aromatic carbocycles. The van der Waals surface area contributed by atoms with Crippen molar-refractivity contribution in [3.63, 3.8) is 0 Å². The predicted molar refractivity (Wildman–Crippen MR) is 127 cm³/mol. The summed E-state index contributed by atoms with van der Waals surface area (Å²) in [5, 5.41) is 1.12. The second kappa shape index (κ2) is 8.64. The fraction of sp³-hybridized carbons (Fsp3) is 0.333. The third-order valence-electron chi connectivity index (χ3n) is 7.00. The highest BCUT2D eigenvalue weighted by Crippen LogP contribution is 2.43. The molecule has 6 rings (SSSR count). The van der Waals surface area contributed by atoms with E-state index in [4.69, 9.17) is 9.73 Å². The average Bonchev–Trinajstić information content (AvgIpc) is 2.85. The maximum atomic E-state index is 5.52. The predicted octanol–water partition coefficient (Wildman–Crippen LogP) is 5.30. The van der Waals surface area contributed by atoms with E-state index in [-0.39, 0.29) is 6.04 Å². The van der Waals surface area contributed by atoms with Crippen LogP contribution in [0.3, 0.4) is 0 Å². The molecule has 0 aliphatic carbocycles. The van der Waals surface area contributed by atoms with Crippen molar-refractivity contribution in [1.82, 2.24) is 9.88 Å². The third-order valence-corrected chi connectivity index (χ3v) is 7.00. The number of aliphatic imine (C=N–C) groups is 1. The van der Waals surface area contributed by atoms with Crippen LogP contribution >= 0.6 is 0 Å². The van der Waals surface area contributed by atoms with Gasteiger partial charge in [-0.2, -0.15) is 0 Å². The van der Waals surface area contributed by atoms with Crippen molar-refractivity contribution in [2.45, 2.75) is 24.9 Å². The Morgan fingerprint density at radius 3 is 2.81 bits per heavy atom. The standard InChI is InChI=1S/C27H29N3O/c1-3-20-18-30-14-12-21(20)15-26(30)27(29-17-19-7-5-4-6-8-19)23-11-13-28-25-10-9-22(31-2)16-24(23)25/h3-11,13,16-17,20-21,26-27H,1,12,14-15,18H2,2H3/t20-,21-,26-,27-/m0/s1. The normalized spacial score (nSPS) is 26.2. The van der Waals surface area contributed by atoms with Gasteiger partial charge in [-0.25, -0.2) is 0 Å². The first-order valence-electron chi connectivity index (χ1n) is 11.1. The zero-order chi connectivity index (χ0) is 21.2. The minimum Gasteiger partial charge on any atom is -0.497 e. The van der Waals surface area contributed by atoms with Gasteiger partial charge in [0.15, 0.2) is 0 Å². The molecule has 0 amide bonds. The Kier molecular flexibility index (Phi) is 5.56. The number of fused-ring (bicyclic) bond motifs is 4. The molecular weight excluding hydrogens is 382 g/mol. The lowest BCUT2D eigenvalue weighted by Gasteiger charge is -2.51. The summed E-state index contributed by atoms with van der Waals surface area (Å²) in [6.45, 7) is 6.32. The molecule has 158 valence electrons. The number of hydrogen-bond acceptors (Lipinski definition) is 4. The largest absolute Gasteiger partial charge is 0.497 e. The van der Waals surface area contributed by atoms with Gasteiger partial charge in [-0.05, 0) is 66.6 Å². The molecule has 0 saturated carbocycles. The molecule has 0 radical (unpaired) electrons. The van der Waals surface area contributed by atoms with Crippen LogP contribution in [-0.4, -0.2) is 42.3 Å². The van der Waals surface area contributed by atoms with Crippen LogP contribution in [0.5, 0.6) is 5.75 Å². The molecule has 3 saturated heterocycles. The van der Waals surface area contributed by atoms with Gasteiger partial charge in [0.05, 0.1) is 18.7 Å². The fourth-order valence-corrected chi connectivity index (χ4v) is 5.33. The molecule has 0 N–H and O–H groups in total. The zero-order valence-electron chi connectivity index (χ0n) is 18.0. The Hall–Kier alpha value is -2.98. The Morgan fingerprint density at radius 2 is 2.06 bits per heavy atom. The zero-order valence-corrected chi connectivity index (χ0v) is 18.0. The van der Waals surface area contributed by atoms with Crippen molar-refractivity contribution in [2.75, 3.05) is 20.2 Å². The summed E-state index contributed by atoms with van der Waals surface area (Å²) < 4.78 is 5.52. The minimum atomic E-state index is 0.0476. The molecule has 4 nitrogen and oxygen atoms in total. The lowest BCUT2D eigenvalue weighted by molar-refractivity contribution is 0.00797. The van der Waals surface area contributed by atoms with Gasteiger partial charge < -0.3 is 4.74 Å². The summed E-state index contributed by atoms with van der Waals surface area (Å²) in [5.74, 6) is 2.15. The molecule has 1 unspecified atom stereocenters. The van der Waals surface area contributed by atoms with E-state index in [1.54, 1.807) is 7.11 Å². The van der Waals surface area contributed by atoms with Gasteiger partial charge in [-0.15, -0.1) is 6.58 Å². The first-order chi connectivity index (χ1) is 15.3. The van der Waals surface area contributed by atoms with E-state index in [1.165, 1.54) is 12.0 Å². The number of methoxy groups -OCH3 is 1. The van der Waals surface area contributed by atoms with Crippen molar-refractivity contribution >= 4 is 17.1 Å². The monoisotopic (exact) mass is 411 g/mol. The van der Waals surface area contributed by atoms with Crippen LogP contribution in [0, 0.1) is 11.8 Å². The summed E-state index contributed by atoms with van der Waals surface area (Å²) in [4.78, 5) is 12.4. The van der Waals surface area contributed by atoms with E-state index in [2.05, 4.69) is 58.9 Å². The fourth-order valence-electron chi connectivity index (χ4n) is 5.33. The molecular formula is C27H29N3O. The summed E-state index contributed by atoms with van der Waals surface area (Å²) in [6.07, 6.45) is 8.51. The maximum absolute atomic E-state index is 5.52. The van der Waals surface area contributed by atoms with Crippen LogP contribution in [0.1, 0.15) is 30.0 Å². The summed E-state index contributed by atoms with van der Waals surface area (Å²) in [5.41, 5.74) is 3.34. The van der Waals surface area contributed by atoms with Gasteiger partial charge in [0, 0.05) is 30.4 Å². The summed E-state index contributed by atoms with van der Waals surface area (Å²) in [6, 6.07) is 19.1. The van der Waals surface area contributed by atoms with Gasteiger partial charge in [0.1, 0.15) is 5.75 Å². The number of rotatable bonds is 6. The lowest BCUT2D eigenvalue weighted by atomic mass is 9.73. The quantitative estimate of drug-likeness (QED) is 0.408. The SMILES string of the molecule is C=C[C@H]1CN2CC[C@H]1C[C@H]2[C@@H](N=Cc1ccccc1)c1ccnc2ccc(OC)cc12. The summed E-state index contributed by atoms with van der Waals surface area (Å²) >= 11 is 0. The van der Waals surface area contributed by atoms with Crippen molar-refractivity contribution < 1.29 is 4.74 Å². The van der Waals surface area contributed by atoms with Crippen molar-refractivity contribution in [3.05, 3.63) is 84.6 Å². The Balaban J connectivity index is 1.59. The topological polar surface area (TPSA) is 37.7 Å². The van der Waals surface area contributed by atoms with Crippen LogP contribution < -0.4 is 4.74 Å². The highest BCUT2D eigenvalue weighted by molar-refractivity contribution is 5.85. The molecule has 4 heterocycles. The molecule has 31 heavy (non-hydrogen) atoms. The molecule has 3 aliphatic rings. The van der Waals surface area contributed by atoms with Gasteiger partial charge >= 0.3 is 0 Å². The number of piperidine rings is 3. The van der Waals surface area contributed by atoms with E-state index in [0.29, 0.717) is 17.9 Å². The number of benzene rings is 2. The smallest absolute Gasteiger partial charge is 0.119 e. The van der Waals surface area contributed by atoms with E-state index in [0.717, 1.165) is 41.7 Å². The Morgan fingerprint density at radius 1 is 1.19 bits per heavy atom. The van der Waals surface area contributed by atoms with E-state index >= 15 is 0 Å². The number of aromatic nitrogens is 1. The first kappa shape index (κ1) is 20.0. The van der Waals surface area contributed by atoms with Crippen molar-refractivity contribution in [2.24, 2.45) is 16.8 Å². The van der Waals surface area contributed by atoms with Crippen molar-refractivity contribution in [3.8, 4) is 5.75 Å².